The largest absolute Gasteiger partial charge is 0.467 e. The predicted octanol–water partition coefficient (Wildman–Crippen LogP) is 2.73. The van der Waals surface area contributed by atoms with Crippen LogP contribution in [0.3, 0.4) is 0 Å². The highest BCUT2D eigenvalue weighted by Crippen LogP contribution is 2.08. The van der Waals surface area contributed by atoms with E-state index in [1.807, 2.05) is 24.3 Å². The van der Waals surface area contributed by atoms with Crippen molar-refractivity contribution in [2.24, 2.45) is 5.92 Å². The van der Waals surface area contributed by atoms with Crippen molar-refractivity contribution in [3.05, 3.63) is 71.8 Å². The fraction of sp³-hybridized carbons (Fsp3) is 0.360. The van der Waals surface area contributed by atoms with Crippen LogP contribution in [0, 0.1) is 5.92 Å². The molecule has 0 aromatic heterocycles. The maximum Gasteiger partial charge on any atom is 0.408 e. The molecule has 0 aliphatic heterocycles. The zero-order valence-electron chi connectivity index (χ0n) is 19.5. The molecule has 9 heteroatoms. The Balaban J connectivity index is 2.04. The van der Waals surface area contributed by atoms with Gasteiger partial charge in [-0.15, -0.1) is 0 Å². The summed E-state index contributed by atoms with van der Waals surface area (Å²) in [6, 6.07) is 15.7. The van der Waals surface area contributed by atoms with Crippen LogP contribution in [0.15, 0.2) is 60.7 Å². The smallest absolute Gasteiger partial charge is 0.408 e. The summed E-state index contributed by atoms with van der Waals surface area (Å²) in [7, 11) is 1.21. The van der Waals surface area contributed by atoms with E-state index in [9.17, 15) is 19.2 Å². The molecular formula is C25H30N2O7. The quantitative estimate of drug-likeness (QED) is 0.383. The first-order valence-electron chi connectivity index (χ1n) is 10.8. The minimum Gasteiger partial charge on any atom is -0.467 e. The van der Waals surface area contributed by atoms with Crippen molar-refractivity contribution >= 4 is 23.9 Å². The third-order valence-electron chi connectivity index (χ3n) is 4.85. The summed E-state index contributed by atoms with van der Waals surface area (Å²) in [6.07, 6.45) is -1.34. The van der Waals surface area contributed by atoms with Gasteiger partial charge in [-0.3, -0.25) is 9.59 Å². The summed E-state index contributed by atoms with van der Waals surface area (Å²) in [4.78, 5) is 49.7. The highest BCUT2D eigenvalue weighted by molar-refractivity contribution is 5.92. The Morgan fingerprint density at radius 1 is 0.794 bits per heavy atom. The molecule has 182 valence electrons. The van der Waals surface area contributed by atoms with Crippen LogP contribution in [0.5, 0.6) is 0 Å². The Hall–Kier alpha value is -3.88. The Bertz CT molecular complexity index is 891. The molecule has 0 bridgehead atoms. The summed E-state index contributed by atoms with van der Waals surface area (Å²) in [6.45, 7) is 3.46. The van der Waals surface area contributed by atoms with Crippen molar-refractivity contribution in [3.63, 3.8) is 0 Å². The second-order valence-corrected chi connectivity index (χ2v) is 7.86. The number of nitrogens with one attached hydrogen (secondary N) is 2. The van der Waals surface area contributed by atoms with Crippen LogP contribution >= 0.6 is 0 Å². The Morgan fingerprint density at radius 2 is 1.32 bits per heavy atom. The molecular weight excluding hydrogens is 440 g/mol. The number of carbonyl (C=O) groups excluding carboxylic acids is 4. The molecule has 0 saturated carbocycles. The fourth-order valence-electron chi connectivity index (χ4n) is 2.96. The highest BCUT2D eigenvalue weighted by atomic mass is 16.6. The number of amides is 2. The number of benzene rings is 2. The summed E-state index contributed by atoms with van der Waals surface area (Å²) in [5, 5.41) is 4.93. The Morgan fingerprint density at radius 3 is 1.82 bits per heavy atom. The first-order chi connectivity index (χ1) is 16.3. The first-order valence-corrected chi connectivity index (χ1v) is 10.8. The third kappa shape index (κ3) is 8.93. The van der Waals surface area contributed by atoms with Gasteiger partial charge in [0.25, 0.3) is 0 Å². The molecule has 2 amide bonds. The van der Waals surface area contributed by atoms with Gasteiger partial charge in [-0.2, -0.15) is 0 Å². The van der Waals surface area contributed by atoms with E-state index in [0.29, 0.717) is 0 Å². The van der Waals surface area contributed by atoms with Gasteiger partial charge >= 0.3 is 18.0 Å². The van der Waals surface area contributed by atoms with Crippen LogP contribution < -0.4 is 10.6 Å². The monoisotopic (exact) mass is 470 g/mol. The number of methoxy groups -OCH3 is 1. The normalized spacial score (nSPS) is 12.2. The lowest BCUT2D eigenvalue weighted by Gasteiger charge is -2.23. The number of carbonyl (C=O) groups is 4. The number of alkyl carbamates (subject to hydrolysis) is 1. The van der Waals surface area contributed by atoms with Crippen molar-refractivity contribution in [2.75, 3.05) is 7.11 Å². The average molecular weight is 471 g/mol. The molecule has 0 radical (unpaired) electrons. The predicted molar refractivity (Wildman–Crippen MR) is 123 cm³/mol. The average Bonchev–Trinajstić information content (AvgIpc) is 2.84. The highest BCUT2D eigenvalue weighted by Gasteiger charge is 2.31. The lowest BCUT2D eigenvalue weighted by molar-refractivity contribution is -0.148. The van der Waals surface area contributed by atoms with Gasteiger partial charge in [0.05, 0.1) is 13.5 Å². The van der Waals surface area contributed by atoms with Gasteiger partial charge in [0.15, 0.2) is 0 Å². The molecule has 2 aromatic carbocycles. The number of hydrogen-bond donors (Lipinski definition) is 2. The molecule has 2 atom stereocenters. The summed E-state index contributed by atoms with van der Waals surface area (Å²) < 4.78 is 15.1. The van der Waals surface area contributed by atoms with Gasteiger partial charge in [0.2, 0.25) is 5.91 Å². The van der Waals surface area contributed by atoms with Crippen molar-refractivity contribution in [2.45, 2.75) is 45.6 Å². The third-order valence-corrected chi connectivity index (χ3v) is 4.85. The topological polar surface area (TPSA) is 120 Å². The van der Waals surface area contributed by atoms with Crippen LogP contribution in [0.2, 0.25) is 0 Å². The molecule has 0 aliphatic rings. The van der Waals surface area contributed by atoms with E-state index < -0.39 is 42.4 Å². The van der Waals surface area contributed by atoms with E-state index in [0.717, 1.165) is 11.1 Å². The molecule has 2 aromatic rings. The summed E-state index contributed by atoms with van der Waals surface area (Å²) in [5.41, 5.74) is 1.53. The first kappa shape index (κ1) is 26.4. The van der Waals surface area contributed by atoms with E-state index in [4.69, 9.17) is 14.2 Å². The number of hydrogen-bond acceptors (Lipinski definition) is 7. The van der Waals surface area contributed by atoms with Crippen LogP contribution in [-0.2, 0) is 41.8 Å². The summed E-state index contributed by atoms with van der Waals surface area (Å²) >= 11 is 0. The standard InChI is InChI=1S/C25H30N2O7/c1-17(2)22(24(30)32-3)27-23(29)20(14-21(28)33-15-18-10-6-4-7-11-18)26-25(31)34-16-19-12-8-5-9-13-19/h4-13,17,20,22H,14-16H2,1-3H3,(H,26,31)(H,27,29)/t20-,22-/m0/s1. The molecule has 2 N–H and O–H groups in total. The van der Waals surface area contributed by atoms with Gasteiger partial charge < -0.3 is 24.8 Å². The number of ether oxygens (including phenoxy) is 3. The van der Waals surface area contributed by atoms with Crippen LogP contribution in [-0.4, -0.2) is 43.1 Å². The van der Waals surface area contributed by atoms with E-state index in [-0.39, 0.29) is 19.1 Å². The summed E-state index contributed by atoms with van der Waals surface area (Å²) in [5.74, 6) is -2.36. The van der Waals surface area contributed by atoms with Crippen molar-refractivity contribution in [3.8, 4) is 0 Å². The molecule has 0 spiro atoms. The van der Waals surface area contributed by atoms with Crippen molar-refractivity contribution in [1.82, 2.24) is 10.6 Å². The van der Waals surface area contributed by atoms with Crippen molar-refractivity contribution < 1.29 is 33.4 Å². The molecule has 0 unspecified atom stereocenters. The maximum absolute atomic E-state index is 12.9. The van der Waals surface area contributed by atoms with Crippen LogP contribution in [0.25, 0.3) is 0 Å². The number of esters is 2. The fourth-order valence-corrected chi connectivity index (χ4v) is 2.96. The molecule has 9 nitrogen and oxygen atoms in total. The van der Waals surface area contributed by atoms with Gasteiger partial charge in [-0.25, -0.2) is 9.59 Å². The van der Waals surface area contributed by atoms with E-state index in [2.05, 4.69) is 10.6 Å². The van der Waals surface area contributed by atoms with Crippen LogP contribution in [0.1, 0.15) is 31.4 Å². The van der Waals surface area contributed by atoms with Crippen LogP contribution in [0.4, 0.5) is 4.79 Å². The minimum atomic E-state index is -1.32. The van der Waals surface area contributed by atoms with Gasteiger partial charge in [-0.05, 0) is 17.0 Å². The molecule has 2 rings (SSSR count). The minimum absolute atomic E-state index is 0.0171. The zero-order valence-corrected chi connectivity index (χ0v) is 19.5. The second kappa shape index (κ2) is 13.6. The Kier molecular flexibility index (Phi) is 10.6. The van der Waals surface area contributed by atoms with Crippen molar-refractivity contribution in [1.29, 1.82) is 0 Å². The van der Waals surface area contributed by atoms with Gasteiger partial charge in [-0.1, -0.05) is 74.5 Å². The van der Waals surface area contributed by atoms with E-state index in [1.165, 1.54) is 7.11 Å². The lowest BCUT2D eigenvalue weighted by Crippen LogP contribution is -2.54. The molecule has 0 saturated heterocycles. The lowest BCUT2D eigenvalue weighted by atomic mass is 10.0. The molecule has 34 heavy (non-hydrogen) atoms. The molecule has 0 heterocycles. The molecule has 0 aliphatic carbocycles. The maximum atomic E-state index is 12.9. The SMILES string of the molecule is COC(=O)[C@@H](NC(=O)[C@H](CC(=O)OCc1ccccc1)NC(=O)OCc1ccccc1)C(C)C. The Labute approximate surface area is 198 Å². The number of rotatable bonds is 11. The van der Waals surface area contributed by atoms with Gasteiger partial charge in [0, 0.05) is 0 Å². The second-order valence-electron chi connectivity index (χ2n) is 7.86. The van der Waals surface area contributed by atoms with Gasteiger partial charge in [0.1, 0.15) is 25.3 Å². The molecule has 0 fully saturated rings. The van der Waals surface area contributed by atoms with E-state index in [1.54, 1.807) is 50.2 Å². The zero-order chi connectivity index (χ0) is 24.9. The van der Waals surface area contributed by atoms with E-state index >= 15 is 0 Å².